The van der Waals surface area contributed by atoms with Gasteiger partial charge in [0.1, 0.15) is 23.0 Å². The van der Waals surface area contributed by atoms with Gasteiger partial charge >= 0.3 is 0 Å². The van der Waals surface area contributed by atoms with Crippen molar-refractivity contribution in [3.8, 4) is 18.1 Å². The van der Waals surface area contributed by atoms with Crippen molar-refractivity contribution in [3.05, 3.63) is 45.0 Å². The third-order valence-corrected chi connectivity index (χ3v) is 8.13. The fourth-order valence-corrected chi connectivity index (χ4v) is 7.02. The number of ether oxygens (including phenoxy) is 5. The van der Waals surface area contributed by atoms with Crippen LogP contribution in [0.4, 0.5) is 0 Å². The average molecular weight is 500 g/mol. The molecule has 3 fully saturated rings. The Balaban J connectivity index is 1.80. The molecule has 0 aromatic heterocycles. The van der Waals surface area contributed by atoms with Crippen LogP contribution in [0, 0.1) is 40.2 Å². The molecule has 1 saturated heterocycles. The largest absolute Gasteiger partial charge is 0.507 e. The highest BCUT2D eigenvalue weighted by molar-refractivity contribution is 6.06. The monoisotopic (exact) mass is 499 g/mol. The fourth-order valence-electron chi connectivity index (χ4n) is 7.02. The van der Waals surface area contributed by atoms with E-state index in [1.165, 1.54) is 21.3 Å². The van der Waals surface area contributed by atoms with Crippen molar-refractivity contribution in [2.24, 2.45) is 17.8 Å². The molecule has 2 bridgehead atoms. The van der Waals surface area contributed by atoms with Gasteiger partial charge in [0.2, 0.25) is 11.8 Å². The van der Waals surface area contributed by atoms with E-state index < -0.39 is 57.8 Å². The van der Waals surface area contributed by atoms with Gasteiger partial charge in [-0.3, -0.25) is 14.9 Å². The molecule has 6 atom stereocenters. The van der Waals surface area contributed by atoms with Crippen molar-refractivity contribution < 1.29 is 38.5 Å². The summed E-state index contributed by atoms with van der Waals surface area (Å²) < 4.78 is 29.6. The predicted octanol–water partition coefficient (Wildman–Crippen LogP) is 2.82. The topological polar surface area (TPSA) is 127 Å². The first-order chi connectivity index (χ1) is 17.0. The van der Waals surface area contributed by atoms with Crippen molar-refractivity contribution in [1.82, 2.24) is 0 Å². The Morgan fingerprint density at radius 1 is 1.22 bits per heavy atom. The maximum absolute atomic E-state index is 14.1. The van der Waals surface area contributed by atoms with Crippen LogP contribution in [-0.4, -0.2) is 60.7 Å². The summed E-state index contributed by atoms with van der Waals surface area (Å²) in [5.74, 6) is -3.77. The second-order valence-electron chi connectivity index (χ2n) is 10.2. The number of methoxy groups -OCH3 is 3. The van der Waals surface area contributed by atoms with Crippen LogP contribution in [0.1, 0.15) is 37.8 Å². The number of hydrogen-bond donors (Lipinski definition) is 1. The number of fused-ring (bicyclic) bond motifs is 6. The van der Waals surface area contributed by atoms with Gasteiger partial charge in [-0.1, -0.05) is 18.1 Å². The number of Topliss-reactive ketones (excluding diaryl/α,β-unsaturated/α-hetero) is 1. The molecule has 1 aliphatic heterocycles. The summed E-state index contributed by atoms with van der Waals surface area (Å²) in [5.41, 5.74) is -0.713. The summed E-state index contributed by atoms with van der Waals surface area (Å²) >= 11 is 0. The smallest absolute Gasteiger partial charge is 0.231 e. The Kier molecular flexibility index (Phi) is 5.50. The number of hydrogen-bond acceptors (Lipinski definition) is 9. The molecule has 10 heteroatoms. The number of nitrogens with zero attached hydrogens (tertiary/aromatic N) is 1. The molecule has 4 unspecified atom stereocenters. The molecule has 4 aliphatic rings. The van der Waals surface area contributed by atoms with Gasteiger partial charge in [0, 0.05) is 37.0 Å². The molecular formula is C26H29NO9. The van der Waals surface area contributed by atoms with Gasteiger partial charge in [-0.25, -0.2) is 0 Å². The second kappa shape index (κ2) is 8.02. The minimum absolute atomic E-state index is 0.0715. The highest BCUT2D eigenvalue weighted by Crippen LogP contribution is 2.60. The predicted molar refractivity (Wildman–Crippen MR) is 125 cm³/mol. The maximum atomic E-state index is 14.1. The number of aliphatic hydroxyl groups is 1. The number of carbonyl (C=O) groups excluding carboxylic acids is 1. The Labute approximate surface area is 208 Å². The molecular weight excluding hydrogens is 470 g/mol. The number of nitro groups is 1. The van der Waals surface area contributed by atoms with Crippen LogP contribution in [-0.2, 0) is 29.5 Å². The summed E-state index contributed by atoms with van der Waals surface area (Å²) in [6, 6.07) is 3.48. The normalized spacial score (nSPS) is 35.7. The molecule has 2 saturated carbocycles. The third kappa shape index (κ3) is 3.10. The molecule has 1 N–H and O–H groups in total. The molecule has 10 nitrogen and oxygen atoms in total. The number of rotatable bonds is 4. The molecule has 5 rings (SSSR count). The lowest BCUT2D eigenvalue weighted by Crippen LogP contribution is -2.68. The third-order valence-electron chi connectivity index (χ3n) is 8.13. The van der Waals surface area contributed by atoms with Crippen LogP contribution in [0.15, 0.2) is 23.8 Å². The number of terminal acetylenes is 1. The first-order valence-corrected chi connectivity index (χ1v) is 11.7. The summed E-state index contributed by atoms with van der Waals surface area (Å²) in [6.07, 6.45) is 5.41. The quantitative estimate of drug-likeness (QED) is 0.288. The molecule has 0 spiro atoms. The number of aliphatic hydroxyl groups excluding tert-OH is 1. The van der Waals surface area contributed by atoms with Crippen LogP contribution >= 0.6 is 0 Å². The molecule has 3 aliphatic carbocycles. The summed E-state index contributed by atoms with van der Waals surface area (Å²) in [5, 5.41) is 24.3. The van der Waals surface area contributed by atoms with Crippen LogP contribution in [0.2, 0.25) is 0 Å². The highest BCUT2D eigenvalue weighted by atomic mass is 16.7. The van der Waals surface area contributed by atoms with Crippen molar-refractivity contribution in [3.63, 3.8) is 0 Å². The molecule has 0 amide bonds. The summed E-state index contributed by atoms with van der Waals surface area (Å²) in [6.45, 7) is 3.40. The Hall–Kier alpha value is -2.97. The van der Waals surface area contributed by atoms with Crippen molar-refractivity contribution in [2.45, 2.75) is 56.0 Å². The number of ketones is 1. The zero-order valence-electron chi connectivity index (χ0n) is 20.8. The lowest BCUT2D eigenvalue weighted by Gasteiger charge is -2.57. The Morgan fingerprint density at radius 3 is 2.50 bits per heavy atom. The lowest BCUT2D eigenvalue weighted by molar-refractivity contribution is -0.560. The minimum atomic E-state index is -1.79. The van der Waals surface area contributed by atoms with E-state index in [-0.39, 0.29) is 35.3 Å². The van der Waals surface area contributed by atoms with Crippen LogP contribution in [0.5, 0.6) is 5.75 Å². The van der Waals surface area contributed by atoms with E-state index in [1.807, 2.05) is 0 Å². The highest BCUT2D eigenvalue weighted by Gasteiger charge is 2.71. The van der Waals surface area contributed by atoms with Gasteiger partial charge in [-0.15, -0.1) is 6.42 Å². The zero-order chi connectivity index (χ0) is 26.2. The number of carbonyl (C=O) groups is 1. The van der Waals surface area contributed by atoms with E-state index in [0.29, 0.717) is 5.75 Å². The van der Waals surface area contributed by atoms with E-state index in [2.05, 4.69) is 5.92 Å². The van der Waals surface area contributed by atoms with Crippen molar-refractivity contribution in [2.75, 3.05) is 21.3 Å². The van der Waals surface area contributed by atoms with Gasteiger partial charge in [0.25, 0.3) is 0 Å². The minimum Gasteiger partial charge on any atom is -0.507 e. The Morgan fingerprint density at radius 2 is 1.92 bits per heavy atom. The molecule has 36 heavy (non-hydrogen) atoms. The fraction of sp³-hybridized carbons (Fsp3) is 0.577. The average Bonchev–Trinajstić information content (AvgIpc) is 2.84. The van der Waals surface area contributed by atoms with Gasteiger partial charge in [-0.2, -0.15) is 0 Å². The van der Waals surface area contributed by atoms with Crippen LogP contribution in [0.3, 0.4) is 0 Å². The van der Waals surface area contributed by atoms with Crippen LogP contribution < -0.4 is 4.74 Å². The standard InChI is InChI=1S/C26H29NO9/c1-7-25-11-14-17(16(12-25)35-24(2,3)36-25)21(27(30)31)20-18(23(14)29)22(28)13-9-8-10-15(32-4)19(13)26(20,33-5)34-6/h1,8-10,14,16-17,20-21,28H,11-12H2,2-6H3/t14?,16-,17?,20?,21?,25-/m0/s1. The Bertz CT molecular complexity index is 1210. The van der Waals surface area contributed by atoms with Gasteiger partial charge in [0.15, 0.2) is 11.6 Å². The maximum Gasteiger partial charge on any atom is 0.231 e. The molecule has 1 aromatic carbocycles. The molecule has 0 radical (unpaired) electrons. The first-order valence-electron chi connectivity index (χ1n) is 11.7. The second-order valence-corrected chi connectivity index (χ2v) is 10.2. The van der Waals surface area contributed by atoms with E-state index >= 15 is 0 Å². The SMILES string of the molecule is C#C[C@]12CC3C(=O)C4=C(O)c5cccc(OC)c5C(OC)(OC)C4C([N+](=O)[O-])C3[C@H](C1)OC(C)(C)O2. The molecule has 1 aromatic rings. The van der Waals surface area contributed by atoms with E-state index in [1.54, 1.807) is 32.0 Å². The van der Waals surface area contributed by atoms with Crippen molar-refractivity contribution >= 4 is 11.5 Å². The van der Waals surface area contributed by atoms with Crippen molar-refractivity contribution in [1.29, 1.82) is 0 Å². The summed E-state index contributed by atoms with van der Waals surface area (Å²) in [7, 11) is 4.14. The lowest BCUT2D eigenvalue weighted by atomic mass is 9.54. The van der Waals surface area contributed by atoms with E-state index in [0.717, 1.165) is 0 Å². The molecule has 192 valence electrons. The summed E-state index contributed by atoms with van der Waals surface area (Å²) in [4.78, 5) is 26.6. The van der Waals surface area contributed by atoms with Gasteiger partial charge in [0.05, 0.1) is 30.3 Å². The number of benzene rings is 1. The molecule has 1 heterocycles. The van der Waals surface area contributed by atoms with E-state index in [9.17, 15) is 20.0 Å². The first kappa shape index (κ1) is 24.7. The van der Waals surface area contributed by atoms with E-state index in [4.69, 9.17) is 30.1 Å². The van der Waals surface area contributed by atoms with Crippen LogP contribution in [0.25, 0.3) is 5.76 Å². The van der Waals surface area contributed by atoms with Gasteiger partial charge in [-0.05, 0) is 26.3 Å². The van der Waals surface area contributed by atoms with Gasteiger partial charge < -0.3 is 28.8 Å². The zero-order valence-corrected chi connectivity index (χ0v) is 20.8.